The van der Waals surface area contributed by atoms with Crippen molar-refractivity contribution in [3.8, 4) is 0 Å². The Balaban J connectivity index is 3.98. The third kappa shape index (κ3) is 27.7. The molecule has 0 radical (unpaired) electrons. The van der Waals surface area contributed by atoms with Crippen molar-refractivity contribution in [1.82, 2.24) is 0 Å². The van der Waals surface area contributed by atoms with Gasteiger partial charge in [0.05, 0.1) is 6.61 Å². The first-order valence-corrected chi connectivity index (χ1v) is 16.3. The predicted octanol–water partition coefficient (Wildman–Crippen LogP) is 6.96. The summed E-state index contributed by atoms with van der Waals surface area (Å²) in [5.74, 6) is -0.967. The summed E-state index contributed by atoms with van der Waals surface area (Å²) in [6.45, 7) is 1.36. The second-order valence-corrected chi connectivity index (χ2v) is 11.3. The first-order chi connectivity index (χ1) is 18.3. The van der Waals surface area contributed by atoms with E-state index < -0.39 is 32.5 Å². The van der Waals surface area contributed by atoms with Crippen molar-refractivity contribution < 1.29 is 42.7 Å². The van der Waals surface area contributed by atoms with Gasteiger partial charge in [-0.1, -0.05) is 103 Å². The lowest BCUT2D eigenvalue weighted by molar-refractivity contribution is -0.161. The molecule has 9 nitrogen and oxygen atoms in total. The zero-order valence-corrected chi connectivity index (χ0v) is 24.5. The number of unbranched alkanes of at least 4 members (excludes halogenated alkanes) is 17. The largest absolute Gasteiger partial charge is 0.469 e. The zero-order chi connectivity index (χ0) is 28.3. The van der Waals surface area contributed by atoms with Gasteiger partial charge in [0, 0.05) is 19.3 Å². The molecule has 38 heavy (non-hydrogen) atoms. The van der Waals surface area contributed by atoms with Crippen LogP contribution in [-0.2, 0) is 32.9 Å². The number of phosphoric ester groups is 1. The minimum atomic E-state index is -4.75. The van der Waals surface area contributed by atoms with Crippen LogP contribution in [0.5, 0.6) is 0 Å². The number of ether oxygens (including phenoxy) is 2. The molecule has 0 aliphatic carbocycles. The Kier molecular flexibility index (Phi) is 25.1. The van der Waals surface area contributed by atoms with Crippen molar-refractivity contribution in [2.24, 2.45) is 0 Å². The van der Waals surface area contributed by atoms with Crippen LogP contribution in [0.4, 0.5) is 0 Å². The van der Waals surface area contributed by atoms with E-state index >= 15 is 0 Å². The predicted molar refractivity (Wildman–Crippen MR) is 148 cm³/mol. The molecule has 0 amide bonds. The Morgan fingerprint density at radius 2 is 1.13 bits per heavy atom. The van der Waals surface area contributed by atoms with Gasteiger partial charge in [-0.2, -0.15) is 0 Å². The Morgan fingerprint density at radius 3 is 1.61 bits per heavy atom. The highest BCUT2D eigenvalue weighted by molar-refractivity contribution is 7.46. The fraction of sp³-hybridized carbons (Fsp3) is 0.893. The average molecular weight is 565 g/mol. The standard InChI is InChI=1S/C28H53O9P/c1-2-3-4-5-6-7-8-9-10-11-12-15-18-21-27(30)35-24-26(25-36-38(32,33)34)37-28(31)22-19-16-13-14-17-20-23-29/h23,26H,2-22,24-25H2,1H3,(H2,32,33,34)/t26-/m1/s1. The molecule has 0 aliphatic heterocycles. The van der Waals surface area contributed by atoms with Crippen molar-refractivity contribution in [2.45, 2.75) is 148 Å². The lowest BCUT2D eigenvalue weighted by atomic mass is 10.0. The minimum Gasteiger partial charge on any atom is -0.462 e. The second kappa shape index (κ2) is 26.0. The summed E-state index contributed by atoms with van der Waals surface area (Å²) in [7, 11) is -4.75. The van der Waals surface area contributed by atoms with E-state index in [0.29, 0.717) is 19.3 Å². The molecule has 0 heterocycles. The van der Waals surface area contributed by atoms with Gasteiger partial charge in [-0.15, -0.1) is 0 Å². The topological polar surface area (TPSA) is 136 Å². The summed E-state index contributed by atoms with van der Waals surface area (Å²) in [6, 6.07) is 0. The van der Waals surface area contributed by atoms with Crippen molar-refractivity contribution >= 4 is 26.0 Å². The number of aldehydes is 1. The van der Waals surface area contributed by atoms with Gasteiger partial charge in [-0.25, -0.2) is 4.57 Å². The molecule has 10 heteroatoms. The molecule has 0 aromatic rings. The molecule has 0 saturated carbocycles. The molecule has 0 spiro atoms. The summed E-state index contributed by atoms with van der Waals surface area (Å²) in [5.41, 5.74) is 0. The van der Waals surface area contributed by atoms with Gasteiger partial charge in [0.15, 0.2) is 6.10 Å². The summed E-state index contributed by atoms with van der Waals surface area (Å²) >= 11 is 0. The molecule has 0 aliphatic rings. The molecule has 2 N–H and O–H groups in total. The zero-order valence-electron chi connectivity index (χ0n) is 23.6. The third-order valence-corrected chi connectivity index (χ3v) is 6.83. The lowest BCUT2D eigenvalue weighted by Crippen LogP contribution is -2.29. The van der Waals surface area contributed by atoms with E-state index in [0.717, 1.165) is 44.8 Å². The third-order valence-electron chi connectivity index (χ3n) is 6.34. The summed E-state index contributed by atoms with van der Waals surface area (Å²) in [4.78, 5) is 52.4. The van der Waals surface area contributed by atoms with Gasteiger partial charge in [0.2, 0.25) is 0 Å². The molecular weight excluding hydrogens is 511 g/mol. The monoisotopic (exact) mass is 564 g/mol. The normalized spacial score (nSPS) is 12.3. The molecule has 0 rings (SSSR count). The van der Waals surface area contributed by atoms with Crippen molar-refractivity contribution in [3.05, 3.63) is 0 Å². The number of rotatable bonds is 28. The summed E-state index contributed by atoms with van der Waals surface area (Å²) in [5, 5.41) is 0. The van der Waals surface area contributed by atoms with Gasteiger partial charge in [-0.05, 0) is 19.3 Å². The Morgan fingerprint density at radius 1 is 0.684 bits per heavy atom. The van der Waals surface area contributed by atoms with Gasteiger partial charge < -0.3 is 24.1 Å². The number of esters is 2. The Hall–Kier alpha value is -1.28. The van der Waals surface area contributed by atoms with Crippen LogP contribution >= 0.6 is 7.82 Å². The highest BCUT2D eigenvalue weighted by atomic mass is 31.2. The Labute approximate surface area is 230 Å². The number of carbonyl (C=O) groups excluding carboxylic acids is 3. The molecule has 0 unspecified atom stereocenters. The van der Waals surface area contributed by atoms with E-state index in [1.165, 1.54) is 64.2 Å². The smallest absolute Gasteiger partial charge is 0.462 e. The highest BCUT2D eigenvalue weighted by Crippen LogP contribution is 2.35. The Bertz CT molecular complexity index is 636. The van der Waals surface area contributed by atoms with Crippen LogP contribution in [0, 0.1) is 0 Å². The van der Waals surface area contributed by atoms with E-state index in [-0.39, 0.29) is 19.4 Å². The fourth-order valence-corrected chi connectivity index (χ4v) is 4.47. The molecule has 0 aromatic heterocycles. The minimum absolute atomic E-state index is 0.146. The van der Waals surface area contributed by atoms with Crippen LogP contribution in [-0.4, -0.2) is 47.3 Å². The molecule has 1 atom stereocenters. The first kappa shape index (κ1) is 36.7. The van der Waals surface area contributed by atoms with E-state index in [1.807, 2.05) is 0 Å². The molecule has 0 saturated heterocycles. The number of hydrogen-bond acceptors (Lipinski definition) is 7. The quantitative estimate of drug-likeness (QED) is 0.0447. The fourth-order valence-electron chi connectivity index (χ4n) is 4.11. The van der Waals surface area contributed by atoms with Crippen LogP contribution < -0.4 is 0 Å². The maximum absolute atomic E-state index is 12.1. The van der Waals surface area contributed by atoms with Crippen molar-refractivity contribution in [3.63, 3.8) is 0 Å². The lowest BCUT2D eigenvalue weighted by Gasteiger charge is -2.18. The van der Waals surface area contributed by atoms with Crippen molar-refractivity contribution in [2.75, 3.05) is 13.2 Å². The van der Waals surface area contributed by atoms with Gasteiger partial charge in [0.1, 0.15) is 12.9 Å². The van der Waals surface area contributed by atoms with Crippen LogP contribution in [0.3, 0.4) is 0 Å². The van der Waals surface area contributed by atoms with Crippen LogP contribution in [0.2, 0.25) is 0 Å². The van der Waals surface area contributed by atoms with Crippen LogP contribution in [0.1, 0.15) is 142 Å². The number of carbonyl (C=O) groups is 3. The maximum Gasteiger partial charge on any atom is 0.469 e. The molecule has 0 bridgehead atoms. The van der Waals surface area contributed by atoms with E-state index in [4.69, 9.17) is 19.3 Å². The molecular formula is C28H53O9P. The van der Waals surface area contributed by atoms with Gasteiger partial charge in [-0.3, -0.25) is 14.1 Å². The van der Waals surface area contributed by atoms with Crippen molar-refractivity contribution in [1.29, 1.82) is 0 Å². The molecule has 0 fully saturated rings. The summed E-state index contributed by atoms with van der Waals surface area (Å²) < 4.78 is 25.9. The second-order valence-electron chi connectivity index (χ2n) is 10.0. The molecule has 0 aromatic carbocycles. The SMILES string of the molecule is CCCCCCCCCCCCCCCC(=O)OC[C@H](COP(=O)(O)O)OC(=O)CCCCCCCC=O. The maximum atomic E-state index is 12.1. The van der Waals surface area contributed by atoms with Gasteiger partial charge >= 0.3 is 19.8 Å². The van der Waals surface area contributed by atoms with Gasteiger partial charge in [0.25, 0.3) is 0 Å². The van der Waals surface area contributed by atoms with E-state index in [2.05, 4.69) is 11.4 Å². The van der Waals surface area contributed by atoms with E-state index in [9.17, 15) is 18.9 Å². The highest BCUT2D eigenvalue weighted by Gasteiger charge is 2.22. The number of phosphoric acid groups is 1. The van der Waals surface area contributed by atoms with E-state index in [1.54, 1.807) is 0 Å². The molecule has 224 valence electrons. The number of hydrogen-bond donors (Lipinski definition) is 2. The van der Waals surface area contributed by atoms with Crippen LogP contribution in [0.25, 0.3) is 0 Å². The first-order valence-electron chi connectivity index (χ1n) is 14.8. The van der Waals surface area contributed by atoms with Crippen LogP contribution in [0.15, 0.2) is 0 Å². The average Bonchev–Trinajstić information content (AvgIpc) is 2.87. The summed E-state index contributed by atoms with van der Waals surface area (Å²) in [6.07, 6.45) is 20.6.